The van der Waals surface area contributed by atoms with Crippen LogP contribution in [-0.2, 0) is 4.79 Å². The molecule has 3 rings (SSSR count). The van der Waals surface area contributed by atoms with Gasteiger partial charge in [-0.05, 0) is 37.3 Å². The van der Waals surface area contributed by atoms with Crippen molar-refractivity contribution in [1.82, 2.24) is 9.80 Å². The average molecular weight is 395 g/mol. The molecule has 4 amide bonds. The summed E-state index contributed by atoms with van der Waals surface area (Å²) in [5, 5.41) is 2.66. The van der Waals surface area contributed by atoms with E-state index in [0.717, 1.165) is 4.90 Å². The van der Waals surface area contributed by atoms with Gasteiger partial charge in [-0.25, -0.2) is 0 Å². The molecular formula is C21H21N3O5. The minimum Gasteiger partial charge on any atom is -0.495 e. The number of hydrogen-bond donors (Lipinski definition) is 1. The molecule has 0 radical (unpaired) electrons. The van der Waals surface area contributed by atoms with Gasteiger partial charge in [0.25, 0.3) is 17.7 Å². The topological polar surface area (TPSA) is 96.0 Å². The molecule has 1 aliphatic rings. The van der Waals surface area contributed by atoms with E-state index >= 15 is 0 Å². The average Bonchev–Trinajstić information content (AvgIpc) is 2.97. The lowest BCUT2D eigenvalue weighted by molar-refractivity contribution is -0.119. The number of methoxy groups -OCH3 is 1. The van der Waals surface area contributed by atoms with E-state index in [9.17, 15) is 19.2 Å². The van der Waals surface area contributed by atoms with Crippen LogP contribution in [-0.4, -0.2) is 60.7 Å². The van der Waals surface area contributed by atoms with E-state index in [4.69, 9.17) is 4.74 Å². The Morgan fingerprint density at radius 2 is 1.62 bits per heavy atom. The monoisotopic (exact) mass is 395 g/mol. The molecular weight excluding hydrogens is 374 g/mol. The Hall–Kier alpha value is -3.68. The normalized spacial score (nSPS) is 13.7. The molecule has 150 valence electrons. The van der Waals surface area contributed by atoms with Crippen LogP contribution < -0.4 is 10.1 Å². The Morgan fingerprint density at radius 3 is 2.14 bits per heavy atom. The lowest BCUT2D eigenvalue weighted by Gasteiger charge is -2.22. The molecule has 8 heteroatoms. The number of carbonyl (C=O) groups excluding carboxylic acids is 4. The van der Waals surface area contributed by atoms with Crippen LogP contribution in [0.3, 0.4) is 0 Å². The van der Waals surface area contributed by atoms with Crippen LogP contribution in [0.2, 0.25) is 0 Å². The minimum atomic E-state index is -1.06. The van der Waals surface area contributed by atoms with Gasteiger partial charge in [0.1, 0.15) is 11.8 Å². The number of nitrogens with zero attached hydrogens (tertiary/aromatic N) is 2. The number of amides is 4. The number of rotatable bonds is 5. The standard InChI is InChI=1S/C21H21N3O5/c1-12(24-20(27)14-7-5-6-8-15(14)21(24)28)18(25)22-16-11-13(19(26)23(2)3)9-10-17(16)29-4/h5-12H,1-4H3,(H,22,25). The van der Waals surface area contributed by atoms with Gasteiger partial charge in [-0.3, -0.25) is 24.1 Å². The molecule has 1 unspecified atom stereocenters. The maximum absolute atomic E-state index is 12.8. The first-order chi connectivity index (χ1) is 13.8. The quantitative estimate of drug-likeness (QED) is 0.782. The van der Waals surface area contributed by atoms with E-state index in [0.29, 0.717) is 11.3 Å². The van der Waals surface area contributed by atoms with Crippen molar-refractivity contribution >= 4 is 29.3 Å². The van der Waals surface area contributed by atoms with Gasteiger partial charge in [0.15, 0.2) is 0 Å². The molecule has 0 aromatic heterocycles. The van der Waals surface area contributed by atoms with Gasteiger partial charge in [0.2, 0.25) is 5.91 Å². The highest BCUT2D eigenvalue weighted by molar-refractivity contribution is 6.23. The van der Waals surface area contributed by atoms with E-state index in [2.05, 4.69) is 5.32 Å². The van der Waals surface area contributed by atoms with Crippen LogP contribution in [0.25, 0.3) is 0 Å². The fourth-order valence-corrected chi connectivity index (χ4v) is 3.11. The first-order valence-electron chi connectivity index (χ1n) is 8.93. The lowest BCUT2D eigenvalue weighted by atomic mass is 10.1. The summed E-state index contributed by atoms with van der Waals surface area (Å²) in [6.07, 6.45) is 0. The number of benzene rings is 2. The summed E-state index contributed by atoms with van der Waals surface area (Å²) in [5.41, 5.74) is 1.18. The largest absolute Gasteiger partial charge is 0.495 e. The van der Waals surface area contributed by atoms with Crippen molar-refractivity contribution in [2.75, 3.05) is 26.5 Å². The van der Waals surface area contributed by atoms with Crippen molar-refractivity contribution in [3.63, 3.8) is 0 Å². The third-order valence-corrected chi connectivity index (χ3v) is 4.70. The van der Waals surface area contributed by atoms with Gasteiger partial charge in [-0.1, -0.05) is 12.1 Å². The van der Waals surface area contributed by atoms with E-state index in [1.165, 1.54) is 25.0 Å². The highest BCUT2D eigenvalue weighted by Gasteiger charge is 2.40. The van der Waals surface area contributed by atoms with Crippen LogP contribution in [0.4, 0.5) is 5.69 Å². The predicted molar refractivity (Wildman–Crippen MR) is 106 cm³/mol. The molecule has 1 atom stereocenters. The summed E-state index contributed by atoms with van der Waals surface area (Å²) in [4.78, 5) is 52.6. The summed E-state index contributed by atoms with van der Waals surface area (Å²) >= 11 is 0. The minimum absolute atomic E-state index is 0.239. The fraction of sp³-hybridized carbons (Fsp3) is 0.238. The lowest BCUT2D eigenvalue weighted by Crippen LogP contribution is -2.45. The molecule has 8 nitrogen and oxygen atoms in total. The SMILES string of the molecule is COc1ccc(C(=O)N(C)C)cc1NC(=O)C(C)N1C(=O)c2ccccc2C1=O. The second-order valence-electron chi connectivity index (χ2n) is 6.81. The first-order valence-corrected chi connectivity index (χ1v) is 8.93. The van der Waals surface area contributed by atoms with Crippen LogP contribution in [0.5, 0.6) is 5.75 Å². The Balaban J connectivity index is 1.85. The molecule has 0 aliphatic carbocycles. The molecule has 0 spiro atoms. The zero-order valence-electron chi connectivity index (χ0n) is 16.6. The van der Waals surface area contributed by atoms with Crippen LogP contribution in [0, 0.1) is 0 Å². The van der Waals surface area contributed by atoms with Crippen molar-refractivity contribution in [3.8, 4) is 5.75 Å². The molecule has 0 saturated carbocycles. The van der Waals surface area contributed by atoms with Gasteiger partial charge in [-0.15, -0.1) is 0 Å². The van der Waals surface area contributed by atoms with Crippen LogP contribution >= 0.6 is 0 Å². The Morgan fingerprint density at radius 1 is 1.03 bits per heavy atom. The molecule has 29 heavy (non-hydrogen) atoms. The number of imide groups is 1. The van der Waals surface area contributed by atoms with Crippen molar-refractivity contribution in [3.05, 3.63) is 59.2 Å². The smallest absolute Gasteiger partial charge is 0.262 e. The molecule has 1 heterocycles. The zero-order chi connectivity index (χ0) is 21.3. The van der Waals surface area contributed by atoms with Gasteiger partial charge in [0.05, 0.1) is 23.9 Å². The number of ether oxygens (including phenoxy) is 1. The second kappa shape index (κ2) is 7.75. The van der Waals surface area contributed by atoms with Gasteiger partial charge >= 0.3 is 0 Å². The maximum atomic E-state index is 12.8. The van der Waals surface area contributed by atoms with Crippen molar-refractivity contribution in [2.45, 2.75) is 13.0 Å². The number of hydrogen-bond acceptors (Lipinski definition) is 5. The van der Waals surface area contributed by atoms with Gasteiger partial charge in [0, 0.05) is 19.7 Å². The molecule has 1 N–H and O–H groups in total. The van der Waals surface area contributed by atoms with Crippen LogP contribution in [0.1, 0.15) is 38.0 Å². The number of fused-ring (bicyclic) bond motifs is 1. The third-order valence-electron chi connectivity index (χ3n) is 4.70. The van der Waals surface area contributed by atoms with E-state index in [1.807, 2.05) is 0 Å². The summed E-state index contributed by atoms with van der Waals surface area (Å²) in [7, 11) is 4.68. The summed E-state index contributed by atoms with van der Waals surface area (Å²) in [6, 6.07) is 10.0. The summed E-state index contributed by atoms with van der Waals surface area (Å²) in [6.45, 7) is 1.47. The maximum Gasteiger partial charge on any atom is 0.262 e. The number of carbonyl (C=O) groups is 4. The molecule has 2 aromatic carbocycles. The van der Waals surface area contributed by atoms with Crippen LogP contribution in [0.15, 0.2) is 42.5 Å². The fourth-order valence-electron chi connectivity index (χ4n) is 3.11. The Kier molecular flexibility index (Phi) is 5.36. The highest BCUT2D eigenvalue weighted by atomic mass is 16.5. The molecule has 0 bridgehead atoms. The predicted octanol–water partition coefficient (Wildman–Crippen LogP) is 2.02. The molecule has 0 saturated heterocycles. The van der Waals surface area contributed by atoms with Gasteiger partial charge < -0.3 is 15.0 Å². The zero-order valence-corrected chi connectivity index (χ0v) is 16.6. The first kappa shape index (κ1) is 20.1. The molecule has 1 aliphatic heterocycles. The third kappa shape index (κ3) is 3.56. The molecule has 2 aromatic rings. The van der Waals surface area contributed by atoms with E-state index < -0.39 is 23.8 Å². The highest BCUT2D eigenvalue weighted by Crippen LogP contribution is 2.28. The van der Waals surface area contributed by atoms with Gasteiger partial charge in [-0.2, -0.15) is 0 Å². The molecule has 0 fully saturated rings. The Labute approximate surface area is 168 Å². The number of anilines is 1. The second-order valence-corrected chi connectivity index (χ2v) is 6.81. The Bertz CT molecular complexity index is 980. The van der Waals surface area contributed by atoms with E-state index in [1.54, 1.807) is 50.5 Å². The number of nitrogens with one attached hydrogen (secondary N) is 1. The summed E-state index contributed by atoms with van der Waals surface area (Å²) in [5.74, 6) is -1.50. The van der Waals surface area contributed by atoms with Crippen molar-refractivity contribution in [1.29, 1.82) is 0 Å². The van der Waals surface area contributed by atoms with E-state index in [-0.39, 0.29) is 22.7 Å². The summed E-state index contributed by atoms with van der Waals surface area (Å²) < 4.78 is 5.25. The van der Waals surface area contributed by atoms with Crippen molar-refractivity contribution < 1.29 is 23.9 Å². The van der Waals surface area contributed by atoms with Crippen molar-refractivity contribution in [2.24, 2.45) is 0 Å².